The van der Waals surface area contributed by atoms with Gasteiger partial charge in [-0.05, 0) is 49.9 Å². The molecule has 0 bridgehead atoms. The smallest absolute Gasteiger partial charge is 0.289 e. The molecule has 1 saturated heterocycles. The van der Waals surface area contributed by atoms with Gasteiger partial charge < -0.3 is 24.7 Å². The highest BCUT2D eigenvalue weighted by Crippen LogP contribution is 2.23. The number of piperidine rings is 1. The highest BCUT2D eigenvalue weighted by Gasteiger charge is 2.34. The summed E-state index contributed by atoms with van der Waals surface area (Å²) < 4.78 is 10.2. The van der Waals surface area contributed by atoms with E-state index >= 15 is 0 Å². The normalized spacial score (nSPS) is 15.4. The summed E-state index contributed by atoms with van der Waals surface area (Å²) in [7, 11) is 1.56. The highest BCUT2D eigenvalue weighted by atomic mass is 16.5. The van der Waals surface area contributed by atoms with E-state index in [0.717, 1.165) is 5.56 Å². The minimum atomic E-state index is -0.688. The molecule has 0 spiro atoms. The van der Waals surface area contributed by atoms with Crippen LogP contribution in [0.15, 0.2) is 47.1 Å². The Hall–Kier alpha value is -3.13. The van der Waals surface area contributed by atoms with Crippen LogP contribution < -0.4 is 10.6 Å². The van der Waals surface area contributed by atoms with Crippen LogP contribution in [0.3, 0.4) is 0 Å². The fraction of sp³-hybridized carbons (Fsp3) is 0.435. The van der Waals surface area contributed by atoms with Crippen LogP contribution >= 0.6 is 0 Å². The van der Waals surface area contributed by atoms with Gasteiger partial charge in [0.15, 0.2) is 5.76 Å². The monoisotopic (exact) mass is 427 g/mol. The molecule has 2 N–H and O–H groups in total. The Morgan fingerprint density at radius 2 is 1.87 bits per heavy atom. The van der Waals surface area contributed by atoms with Gasteiger partial charge in [-0.25, -0.2) is 0 Å². The molecule has 1 fully saturated rings. The number of methoxy groups -OCH3 is 1. The Morgan fingerprint density at radius 3 is 2.48 bits per heavy atom. The number of ether oxygens (including phenoxy) is 1. The molecule has 31 heavy (non-hydrogen) atoms. The number of carbonyl (C=O) groups is 3. The summed E-state index contributed by atoms with van der Waals surface area (Å²) in [5.41, 5.74) is 1.56. The molecule has 0 unspecified atom stereocenters. The summed E-state index contributed by atoms with van der Waals surface area (Å²) in [6.07, 6.45) is 2.67. The van der Waals surface area contributed by atoms with Crippen molar-refractivity contribution < 1.29 is 23.5 Å². The summed E-state index contributed by atoms with van der Waals surface area (Å²) >= 11 is 0. The molecule has 1 aromatic carbocycles. The van der Waals surface area contributed by atoms with Crippen LogP contribution in [0.25, 0.3) is 0 Å². The van der Waals surface area contributed by atoms with Crippen molar-refractivity contribution in [1.29, 1.82) is 0 Å². The van der Waals surface area contributed by atoms with Crippen LogP contribution in [0.2, 0.25) is 0 Å². The molecular weight excluding hydrogens is 398 g/mol. The van der Waals surface area contributed by atoms with Crippen molar-refractivity contribution in [2.45, 2.75) is 25.8 Å². The van der Waals surface area contributed by atoms with Gasteiger partial charge in [-0.1, -0.05) is 17.7 Å². The van der Waals surface area contributed by atoms with E-state index in [1.165, 1.54) is 6.26 Å². The fourth-order valence-electron chi connectivity index (χ4n) is 3.71. The predicted octanol–water partition coefficient (Wildman–Crippen LogP) is 2.00. The molecule has 1 aliphatic heterocycles. The molecule has 0 aliphatic carbocycles. The van der Waals surface area contributed by atoms with E-state index in [4.69, 9.17) is 9.15 Å². The van der Waals surface area contributed by atoms with E-state index in [0.29, 0.717) is 50.4 Å². The summed E-state index contributed by atoms with van der Waals surface area (Å²) in [5, 5.41) is 5.74. The summed E-state index contributed by atoms with van der Waals surface area (Å²) in [6.45, 7) is 3.69. The van der Waals surface area contributed by atoms with E-state index in [1.807, 2.05) is 19.1 Å². The van der Waals surface area contributed by atoms with E-state index < -0.39 is 6.04 Å². The Kier molecular flexibility index (Phi) is 7.83. The van der Waals surface area contributed by atoms with Crippen molar-refractivity contribution in [3.63, 3.8) is 0 Å². The first-order chi connectivity index (χ1) is 15.0. The lowest BCUT2D eigenvalue weighted by molar-refractivity contribution is -0.124. The van der Waals surface area contributed by atoms with Gasteiger partial charge in [-0.15, -0.1) is 0 Å². The standard InChI is InChI=1S/C23H29N3O5/c1-16-5-7-18(8-6-16)21(27)25-20(22(28)24-11-15-30-2)17-9-12-26(13-10-17)23(29)19-4-3-14-31-19/h3-8,14,17,20H,9-13,15H2,1-2H3,(H,24,28)(H,25,27)/t20-/m1/s1. The van der Waals surface area contributed by atoms with E-state index in [-0.39, 0.29) is 23.6 Å². The Balaban J connectivity index is 1.66. The minimum Gasteiger partial charge on any atom is -0.459 e. The van der Waals surface area contributed by atoms with Crippen molar-refractivity contribution in [3.05, 3.63) is 59.5 Å². The molecular formula is C23H29N3O5. The largest absolute Gasteiger partial charge is 0.459 e. The van der Waals surface area contributed by atoms with Crippen molar-refractivity contribution in [1.82, 2.24) is 15.5 Å². The molecule has 8 heteroatoms. The Morgan fingerprint density at radius 1 is 1.16 bits per heavy atom. The van der Waals surface area contributed by atoms with Gasteiger partial charge in [0.05, 0.1) is 12.9 Å². The number of hydrogen-bond acceptors (Lipinski definition) is 5. The molecule has 1 aromatic heterocycles. The lowest BCUT2D eigenvalue weighted by Crippen LogP contribution is -2.54. The van der Waals surface area contributed by atoms with Crippen LogP contribution in [0, 0.1) is 12.8 Å². The quantitative estimate of drug-likeness (QED) is 0.628. The molecule has 3 rings (SSSR count). The molecule has 8 nitrogen and oxygen atoms in total. The second kappa shape index (κ2) is 10.8. The number of carbonyl (C=O) groups excluding carboxylic acids is 3. The first-order valence-electron chi connectivity index (χ1n) is 10.5. The van der Waals surface area contributed by atoms with Gasteiger partial charge in [0.2, 0.25) is 5.91 Å². The first kappa shape index (κ1) is 22.6. The van der Waals surface area contributed by atoms with E-state index in [9.17, 15) is 14.4 Å². The number of benzene rings is 1. The number of amides is 3. The zero-order valence-electron chi connectivity index (χ0n) is 17.9. The summed E-state index contributed by atoms with van der Waals surface area (Å²) in [5.74, 6) is -0.472. The van der Waals surface area contributed by atoms with Gasteiger partial charge in [-0.3, -0.25) is 14.4 Å². The van der Waals surface area contributed by atoms with Gasteiger partial charge in [0.1, 0.15) is 6.04 Å². The van der Waals surface area contributed by atoms with Gasteiger partial charge in [0.25, 0.3) is 11.8 Å². The maximum atomic E-state index is 12.9. The Labute approximate surface area is 181 Å². The first-order valence-corrected chi connectivity index (χ1v) is 10.5. The Bertz CT molecular complexity index is 871. The number of likely N-dealkylation sites (tertiary alicyclic amines) is 1. The third-order valence-electron chi connectivity index (χ3n) is 5.52. The molecule has 166 valence electrons. The van der Waals surface area contributed by atoms with E-state index in [1.54, 1.807) is 36.3 Å². The molecule has 3 amide bonds. The molecule has 2 aromatic rings. The van der Waals surface area contributed by atoms with Crippen LogP contribution in [0.5, 0.6) is 0 Å². The van der Waals surface area contributed by atoms with Crippen LogP contribution in [0.1, 0.15) is 39.3 Å². The van der Waals surface area contributed by atoms with Gasteiger partial charge in [-0.2, -0.15) is 0 Å². The molecule has 1 aliphatic rings. The maximum Gasteiger partial charge on any atom is 0.289 e. The summed E-state index contributed by atoms with van der Waals surface area (Å²) in [6, 6.07) is 9.85. The summed E-state index contributed by atoms with van der Waals surface area (Å²) in [4.78, 5) is 39.9. The molecule has 0 radical (unpaired) electrons. The molecule has 1 atom stereocenters. The predicted molar refractivity (Wildman–Crippen MR) is 115 cm³/mol. The van der Waals surface area contributed by atoms with Crippen molar-refractivity contribution >= 4 is 17.7 Å². The zero-order valence-corrected chi connectivity index (χ0v) is 17.9. The third-order valence-corrected chi connectivity index (χ3v) is 5.52. The van der Waals surface area contributed by atoms with E-state index in [2.05, 4.69) is 10.6 Å². The van der Waals surface area contributed by atoms with Gasteiger partial charge >= 0.3 is 0 Å². The number of nitrogens with one attached hydrogen (secondary N) is 2. The second-order valence-electron chi connectivity index (χ2n) is 7.71. The third kappa shape index (κ3) is 5.95. The number of aryl methyl sites for hydroxylation is 1. The number of hydrogen-bond donors (Lipinski definition) is 2. The van der Waals surface area contributed by atoms with Crippen LogP contribution in [0.4, 0.5) is 0 Å². The average molecular weight is 428 g/mol. The maximum absolute atomic E-state index is 12.9. The lowest BCUT2D eigenvalue weighted by Gasteiger charge is -2.35. The number of furan rings is 1. The highest BCUT2D eigenvalue weighted by molar-refractivity contribution is 5.97. The van der Waals surface area contributed by atoms with Crippen molar-refractivity contribution in [2.75, 3.05) is 33.4 Å². The average Bonchev–Trinajstić information content (AvgIpc) is 3.32. The van der Waals surface area contributed by atoms with Crippen molar-refractivity contribution in [3.8, 4) is 0 Å². The zero-order chi connectivity index (χ0) is 22.2. The fourth-order valence-corrected chi connectivity index (χ4v) is 3.71. The van der Waals surface area contributed by atoms with Crippen molar-refractivity contribution in [2.24, 2.45) is 5.92 Å². The second-order valence-corrected chi connectivity index (χ2v) is 7.71. The number of rotatable bonds is 8. The lowest BCUT2D eigenvalue weighted by atomic mass is 9.88. The molecule has 2 heterocycles. The van der Waals surface area contributed by atoms with Crippen LogP contribution in [-0.4, -0.2) is 62.0 Å². The minimum absolute atomic E-state index is 0.0856. The SMILES string of the molecule is COCCNC(=O)[C@H](NC(=O)c1ccc(C)cc1)C1CCN(C(=O)c2ccco2)CC1. The molecule has 0 saturated carbocycles. The van der Waals surface area contributed by atoms with Gasteiger partial charge in [0, 0.05) is 32.3 Å². The van der Waals surface area contributed by atoms with Crippen LogP contribution in [-0.2, 0) is 9.53 Å². The number of nitrogens with zero attached hydrogens (tertiary/aromatic N) is 1. The topological polar surface area (TPSA) is 101 Å².